The first kappa shape index (κ1) is 12.3. The fraction of sp³-hybridized carbons (Fsp3) is 0.0714. The van der Waals surface area contributed by atoms with Gasteiger partial charge in [0, 0.05) is 5.69 Å². The molecule has 0 atom stereocenters. The monoisotopic (exact) mass is 270 g/mol. The molecule has 0 aliphatic rings. The summed E-state index contributed by atoms with van der Waals surface area (Å²) in [5.41, 5.74) is 1.39. The second-order valence-electron chi connectivity index (χ2n) is 4.35. The van der Waals surface area contributed by atoms with Crippen molar-refractivity contribution >= 4 is 22.8 Å². The van der Waals surface area contributed by atoms with Crippen LogP contribution >= 0.6 is 0 Å². The molecule has 0 saturated carbocycles. The van der Waals surface area contributed by atoms with Gasteiger partial charge in [0.25, 0.3) is 5.91 Å². The summed E-state index contributed by atoms with van der Waals surface area (Å²) in [6, 6.07) is 9.41. The molecule has 3 rings (SSSR count). The summed E-state index contributed by atoms with van der Waals surface area (Å²) in [6.07, 6.45) is 0. The van der Waals surface area contributed by atoms with Crippen LogP contribution in [-0.4, -0.2) is 21.1 Å². The fourth-order valence-electron chi connectivity index (χ4n) is 1.92. The molecule has 2 aromatic heterocycles. The number of nitrogens with one attached hydrogen (secondary N) is 2. The van der Waals surface area contributed by atoms with Crippen molar-refractivity contribution in [2.75, 3.05) is 5.32 Å². The highest BCUT2D eigenvalue weighted by Gasteiger charge is 2.14. The molecule has 2 heterocycles. The van der Waals surface area contributed by atoms with Crippen molar-refractivity contribution in [3.8, 4) is 0 Å². The van der Waals surface area contributed by atoms with E-state index in [-0.39, 0.29) is 5.56 Å². The average Bonchev–Trinajstić information content (AvgIpc) is 2.81. The number of aromatic nitrogens is 3. The van der Waals surface area contributed by atoms with Crippen molar-refractivity contribution in [2.24, 2.45) is 0 Å². The lowest BCUT2D eigenvalue weighted by molar-refractivity contribution is 0.102. The SMILES string of the molecule is Cc1ccc2c(NC(=O)c3ccccc3F)n[nH]c2n1. The molecule has 6 heteroatoms. The largest absolute Gasteiger partial charge is 0.304 e. The number of carbonyl (C=O) groups excluding carboxylic acids is 1. The number of hydrogen-bond acceptors (Lipinski definition) is 3. The molecule has 0 aliphatic carbocycles. The summed E-state index contributed by atoms with van der Waals surface area (Å²) in [4.78, 5) is 16.3. The number of H-pyrrole nitrogens is 1. The lowest BCUT2D eigenvalue weighted by atomic mass is 10.2. The van der Waals surface area contributed by atoms with Gasteiger partial charge in [-0.3, -0.25) is 9.89 Å². The zero-order valence-electron chi connectivity index (χ0n) is 10.6. The molecule has 0 spiro atoms. The van der Waals surface area contributed by atoms with E-state index >= 15 is 0 Å². The molecule has 1 amide bonds. The number of amides is 1. The topological polar surface area (TPSA) is 70.7 Å². The predicted octanol–water partition coefficient (Wildman–Crippen LogP) is 2.66. The second kappa shape index (κ2) is 4.73. The molecular formula is C14H11FN4O. The first-order valence-electron chi connectivity index (χ1n) is 6.03. The maximum Gasteiger partial charge on any atom is 0.259 e. The van der Waals surface area contributed by atoms with Crippen LogP contribution in [0.25, 0.3) is 11.0 Å². The molecule has 100 valence electrons. The molecule has 0 aliphatic heterocycles. The number of aromatic amines is 1. The van der Waals surface area contributed by atoms with E-state index in [2.05, 4.69) is 20.5 Å². The van der Waals surface area contributed by atoms with Crippen molar-refractivity contribution in [1.82, 2.24) is 15.2 Å². The summed E-state index contributed by atoms with van der Waals surface area (Å²) in [5, 5.41) is 9.98. The highest BCUT2D eigenvalue weighted by atomic mass is 19.1. The molecule has 3 aromatic rings. The smallest absolute Gasteiger partial charge is 0.259 e. The average molecular weight is 270 g/mol. The second-order valence-corrected chi connectivity index (χ2v) is 4.35. The Kier molecular flexibility index (Phi) is 2.90. The third-order valence-corrected chi connectivity index (χ3v) is 2.91. The Morgan fingerprint density at radius 3 is 2.85 bits per heavy atom. The summed E-state index contributed by atoms with van der Waals surface area (Å²) < 4.78 is 13.5. The number of aryl methyl sites for hydroxylation is 1. The molecule has 0 fully saturated rings. The number of pyridine rings is 1. The van der Waals surface area contributed by atoms with Gasteiger partial charge in [0.05, 0.1) is 10.9 Å². The molecule has 0 radical (unpaired) electrons. The maximum atomic E-state index is 13.5. The third kappa shape index (κ3) is 2.11. The molecule has 0 saturated heterocycles. The van der Waals surface area contributed by atoms with Crippen molar-refractivity contribution in [3.05, 3.63) is 53.5 Å². The molecule has 5 nitrogen and oxygen atoms in total. The van der Waals surface area contributed by atoms with Crippen LogP contribution in [0.2, 0.25) is 0 Å². The summed E-state index contributed by atoms with van der Waals surface area (Å²) in [7, 11) is 0. The molecule has 0 bridgehead atoms. The van der Waals surface area contributed by atoms with Crippen LogP contribution in [-0.2, 0) is 0 Å². The Labute approximate surface area is 113 Å². The number of nitrogens with zero attached hydrogens (tertiary/aromatic N) is 2. The number of anilines is 1. The Bertz CT molecular complexity index is 797. The molecule has 20 heavy (non-hydrogen) atoms. The van der Waals surface area contributed by atoms with Crippen LogP contribution in [0, 0.1) is 12.7 Å². The molecule has 1 aromatic carbocycles. The number of halogens is 1. The van der Waals surface area contributed by atoms with Crippen molar-refractivity contribution < 1.29 is 9.18 Å². The first-order valence-corrected chi connectivity index (χ1v) is 6.03. The van der Waals surface area contributed by atoms with E-state index in [4.69, 9.17) is 0 Å². The van der Waals surface area contributed by atoms with Gasteiger partial charge in [-0.15, -0.1) is 0 Å². The molecule has 2 N–H and O–H groups in total. The van der Waals surface area contributed by atoms with E-state index in [0.717, 1.165) is 5.69 Å². The van der Waals surface area contributed by atoms with E-state index in [1.54, 1.807) is 12.1 Å². The van der Waals surface area contributed by atoms with Gasteiger partial charge in [-0.05, 0) is 31.2 Å². The standard InChI is InChI=1S/C14H11FN4O/c1-8-6-7-10-12(16-8)18-19-13(10)17-14(20)9-4-2-3-5-11(9)15/h2-7H,1H3,(H2,16,17,18,19,20). The number of hydrogen-bond donors (Lipinski definition) is 2. The number of carbonyl (C=O) groups is 1. The zero-order valence-corrected chi connectivity index (χ0v) is 10.6. The predicted molar refractivity (Wildman–Crippen MR) is 73.0 cm³/mol. The highest BCUT2D eigenvalue weighted by molar-refractivity contribution is 6.07. The maximum absolute atomic E-state index is 13.5. The number of rotatable bonds is 2. The van der Waals surface area contributed by atoms with Crippen LogP contribution in [0.1, 0.15) is 16.1 Å². The third-order valence-electron chi connectivity index (χ3n) is 2.91. The molecular weight excluding hydrogens is 259 g/mol. The summed E-state index contributed by atoms with van der Waals surface area (Å²) >= 11 is 0. The summed E-state index contributed by atoms with van der Waals surface area (Å²) in [6.45, 7) is 1.86. The lowest BCUT2D eigenvalue weighted by Gasteiger charge is -2.03. The van der Waals surface area contributed by atoms with E-state index in [1.165, 1.54) is 18.2 Å². The van der Waals surface area contributed by atoms with Crippen molar-refractivity contribution in [2.45, 2.75) is 6.92 Å². The highest BCUT2D eigenvalue weighted by Crippen LogP contribution is 2.20. The Morgan fingerprint density at radius 1 is 1.25 bits per heavy atom. The normalized spacial score (nSPS) is 10.7. The Balaban J connectivity index is 1.94. The van der Waals surface area contributed by atoms with E-state index in [9.17, 15) is 9.18 Å². The summed E-state index contributed by atoms with van der Waals surface area (Å²) in [5.74, 6) is -0.781. The lowest BCUT2D eigenvalue weighted by Crippen LogP contribution is -2.14. The van der Waals surface area contributed by atoms with Crippen LogP contribution in [0.15, 0.2) is 36.4 Å². The van der Waals surface area contributed by atoms with Crippen LogP contribution < -0.4 is 5.32 Å². The van der Waals surface area contributed by atoms with Crippen LogP contribution in [0.4, 0.5) is 10.2 Å². The van der Waals surface area contributed by atoms with E-state index in [0.29, 0.717) is 16.9 Å². The minimum Gasteiger partial charge on any atom is -0.304 e. The Morgan fingerprint density at radius 2 is 2.05 bits per heavy atom. The van der Waals surface area contributed by atoms with Crippen LogP contribution in [0.5, 0.6) is 0 Å². The number of benzene rings is 1. The minimum atomic E-state index is -0.571. The van der Waals surface area contributed by atoms with Gasteiger partial charge in [0.1, 0.15) is 5.82 Å². The van der Waals surface area contributed by atoms with E-state index < -0.39 is 11.7 Å². The number of fused-ring (bicyclic) bond motifs is 1. The van der Waals surface area contributed by atoms with Gasteiger partial charge in [0.15, 0.2) is 11.5 Å². The van der Waals surface area contributed by atoms with Crippen molar-refractivity contribution in [3.63, 3.8) is 0 Å². The van der Waals surface area contributed by atoms with Gasteiger partial charge in [0.2, 0.25) is 0 Å². The fourth-order valence-corrected chi connectivity index (χ4v) is 1.92. The zero-order chi connectivity index (χ0) is 14.1. The van der Waals surface area contributed by atoms with Crippen molar-refractivity contribution in [1.29, 1.82) is 0 Å². The quantitative estimate of drug-likeness (QED) is 0.752. The van der Waals surface area contributed by atoms with Gasteiger partial charge in [-0.1, -0.05) is 12.1 Å². The first-order chi connectivity index (χ1) is 9.65. The van der Waals surface area contributed by atoms with Gasteiger partial charge < -0.3 is 5.32 Å². The Hall–Kier alpha value is -2.76. The van der Waals surface area contributed by atoms with Gasteiger partial charge in [-0.2, -0.15) is 5.10 Å². The van der Waals surface area contributed by atoms with E-state index in [1.807, 2.05) is 13.0 Å². The molecule has 0 unspecified atom stereocenters. The van der Waals surface area contributed by atoms with Gasteiger partial charge in [-0.25, -0.2) is 9.37 Å². The van der Waals surface area contributed by atoms with Gasteiger partial charge >= 0.3 is 0 Å². The van der Waals surface area contributed by atoms with Crippen LogP contribution in [0.3, 0.4) is 0 Å². The minimum absolute atomic E-state index is 0.0243.